The molecule has 0 aliphatic carbocycles. The van der Waals surface area contributed by atoms with Crippen LogP contribution in [0.2, 0.25) is 0 Å². The van der Waals surface area contributed by atoms with E-state index < -0.39 is 12.0 Å². The highest BCUT2D eigenvalue weighted by atomic mass is 16.5. The van der Waals surface area contributed by atoms with Crippen molar-refractivity contribution in [3.05, 3.63) is 71.3 Å². The molecule has 1 saturated heterocycles. The van der Waals surface area contributed by atoms with Gasteiger partial charge in [0.2, 0.25) is 5.91 Å². The van der Waals surface area contributed by atoms with Crippen LogP contribution in [0.5, 0.6) is 28.7 Å². The molecule has 0 spiro atoms. The molecule has 222 valence electrons. The van der Waals surface area contributed by atoms with Crippen LogP contribution < -0.4 is 28.6 Å². The zero-order chi connectivity index (χ0) is 30.0. The molecular formula is C32H37N3O7. The third-order valence-corrected chi connectivity index (χ3v) is 8.22. The number of benzene rings is 3. The van der Waals surface area contributed by atoms with Crippen molar-refractivity contribution in [1.82, 2.24) is 9.80 Å². The van der Waals surface area contributed by atoms with Crippen LogP contribution in [-0.4, -0.2) is 90.4 Å². The van der Waals surface area contributed by atoms with Gasteiger partial charge >= 0.3 is 0 Å². The summed E-state index contributed by atoms with van der Waals surface area (Å²) in [6, 6.07) is 16.3. The van der Waals surface area contributed by atoms with E-state index in [4.69, 9.17) is 23.7 Å². The summed E-state index contributed by atoms with van der Waals surface area (Å²) in [4.78, 5) is 34.1. The molecule has 2 atom stereocenters. The normalized spacial score (nSPS) is 18.3. The van der Waals surface area contributed by atoms with Gasteiger partial charge in [-0.25, -0.2) is 0 Å². The Kier molecular flexibility index (Phi) is 8.33. The minimum Gasteiger partial charge on any atom is -0.497 e. The number of carbonyl (C=O) groups is 2. The Balaban J connectivity index is 1.53. The molecule has 5 rings (SSSR count). The second-order valence-corrected chi connectivity index (χ2v) is 10.3. The highest BCUT2D eigenvalue weighted by Crippen LogP contribution is 2.47. The standard InChI is InChI=1S/C32H37N3O7/c1-33-30(20-7-12-25(39-3)26(17-20)40-4)29(23-18-27(41-5)28(42-6)19-24(23)31(33)36)32(37)35-15-13-34(14-16-35)21-8-10-22(38-2)11-9-21/h7-12,17-19,29-30H,13-16H2,1-6H3/t29-,30+/m1/s1. The van der Waals surface area contributed by atoms with Gasteiger partial charge in [-0.3, -0.25) is 9.59 Å². The van der Waals surface area contributed by atoms with E-state index in [0.29, 0.717) is 60.3 Å². The van der Waals surface area contributed by atoms with E-state index in [0.717, 1.165) is 17.0 Å². The van der Waals surface area contributed by atoms with E-state index in [1.807, 2.05) is 41.3 Å². The number of hydrogen-bond donors (Lipinski definition) is 0. The van der Waals surface area contributed by atoms with E-state index in [1.165, 1.54) is 7.11 Å². The summed E-state index contributed by atoms with van der Waals surface area (Å²) in [6.45, 7) is 2.44. The van der Waals surface area contributed by atoms with E-state index >= 15 is 0 Å². The molecule has 10 heteroatoms. The first-order valence-electron chi connectivity index (χ1n) is 13.8. The molecule has 2 amide bonds. The highest BCUT2D eigenvalue weighted by Gasteiger charge is 2.45. The maximum atomic E-state index is 14.5. The zero-order valence-electron chi connectivity index (χ0n) is 24.9. The number of amides is 2. The molecule has 0 unspecified atom stereocenters. The molecule has 0 radical (unpaired) electrons. The topological polar surface area (TPSA) is 90.0 Å². The minimum absolute atomic E-state index is 0.0583. The Morgan fingerprint density at radius 3 is 1.90 bits per heavy atom. The monoisotopic (exact) mass is 575 g/mol. The number of piperazine rings is 1. The molecule has 2 aliphatic heterocycles. The molecule has 0 N–H and O–H groups in total. The van der Waals surface area contributed by atoms with Crippen molar-refractivity contribution in [2.24, 2.45) is 0 Å². The Labute approximate surface area is 246 Å². The molecule has 1 fully saturated rings. The SMILES string of the molecule is COc1ccc(N2CCN(C(=O)[C@@H]3c4cc(OC)c(OC)cc4C(=O)N(C)[C@H]3c3ccc(OC)c(OC)c3)CC2)cc1. The van der Waals surface area contributed by atoms with Crippen LogP contribution in [0.1, 0.15) is 33.4 Å². The van der Waals surface area contributed by atoms with E-state index in [1.54, 1.807) is 58.6 Å². The molecule has 0 aromatic heterocycles. The van der Waals surface area contributed by atoms with Crippen LogP contribution in [0.4, 0.5) is 5.69 Å². The van der Waals surface area contributed by atoms with Crippen molar-refractivity contribution < 1.29 is 33.3 Å². The smallest absolute Gasteiger partial charge is 0.254 e. The summed E-state index contributed by atoms with van der Waals surface area (Å²) in [5.74, 6) is 1.83. The first-order chi connectivity index (χ1) is 20.3. The number of ether oxygens (including phenoxy) is 5. The lowest BCUT2D eigenvalue weighted by Crippen LogP contribution is -2.53. The van der Waals surface area contributed by atoms with Crippen LogP contribution in [0, 0.1) is 0 Å². The Morgan fingerprint density at radius 2 is 1.31 bits per heavy atom. The lowest BCUT2D eigenvalue weighted by Gasteiger charge is -2.43. The summed E-state index contributed by atoms with van der Waals surface area (Å²) >= 11 is 0. The number of rotatable bonds is 8. The van der Waals surface area contributed by atoms with E-state index in [9.17, 15) is 9.59 Å². The van der Waals surface area contributed by atoms with Crippen molar-refractivity contribution in [3.8, 4) is 28.7 Å². The number of carbonyl (C=O) groups excluding carboxylic acids is 2. The number of fused-ring (bicyclic) bond motifs is 1. The van der Waals surface area contributed by atoms with Crippen molar-refractivity contribution in [2.45, 2.75) is 12.0 Å². The van der Waals surface area contributed by atoms with Gasteiger partial charge in [0.1, 0.15) is 5.75 Å². The van der Waals surface area contributed by atoms with Crippen LogP contribution in [0.3, 0.4) is 0 Å². The fraction of sp³-hybridized carbons (Fsp3) is 0.375. The predicted octanol–water partition coefficient (Wildman–Crippen LogP) is 3.99. The Bertz CT molecular complexity index is 1450. The number of hydrogen-bond acceptors (Lipinski definition) is 8. The second kappa shape index (κ2) is 12.1. The maximum absolute atomic E-state index is 14.5. The van der Waals surface area contributed by atoms with Crippen LogP contribution >= 0.6 is 0 Å². The number of anilines is 1. The fourth-order valence-corrected chi connectivity index (χ4v) is 5.94. The molecule has 3 aromatic carbocycles. The van der Waals surface area contributed by atoms with Gasteiger partial charge in [0.25, 0.3) is 5.91 Å². The number of likely N-dealkylation sites (N-methyl/N-ethyl adjacent to an activating group) is 1. The van der Waals surface area contributed by atoms with E-state index in [2.05, 4.69) is 4.90 Å². The minimum atomic E-state index is -0.687. The number of methoxy groups -OCH3 is 5. The fourth-order valence-electron chi connectivity index (χ4n) is 5.94. The van der Waals surface area contributed by atoms with Gasteiger partial charge < -0.3 is 38.4 Å². The average molecular weight is 576 g/mol. The molecule has 42 heavy (non-hydrogen) atoms. The van der Waals surface area contributed by atoms with Gasteiger partial charge in [-0.05, 0) is 59.7 Å². The Morgan fingerprint density at radius 1 is 0.714 bits per heavy atom. The van der Waals surface area contributed by atoms with Crippen LogP contribution in [-0.2, 0) is 4.79 Å². The summed E-state index contributed by atoms with van der Waals surface area (Å²) in [7, 11) is 9.58. The van der Waals surface area contributed by atoms with Gasteiger partial charge in [0.15, 0.2) is 23.0 Å². The van der Waals surface area contributed by atoms with Crippen molar-refractivity contribution in [2.75, 3.05) is 73.7 Å². The van der Waals surface area contributed by atoms with Gasteiger partial charge in [-0.2, -0.15) is 0 Å². The predicted molar refractivity (Wildman–Crippen MR) is 158 cm³/mol. The van der Waals surface area contributed by atoms with E-state index in [-0.39, 0.29) is 11.8 Å². The summed E-state index contributed by atoms with van der Waals surface area (Å²) in [6.07, 6.45) is 0. The van der Waals surface area contributed by atoms with Gasteiger partial charge in [0, 0.05) is 44.5 Å². The first kappa shape index (κ1) is 28.9. The molecule has 10 nitrogen and oxygen atoms in total. The quantitative estimate of drug-likeness (QED) is 0.399. The summed E-state index contributed by atoms with van der Waals surface area (Å²) in [5, 5.41) is 0. The zero-order valence-corrected chi connectivity index (χ0v) is 24.9. The lowest BCUT2D eigenvalue weighted by atomic mass is 9.78. The van der Waals surface area contributed by atoms with Crippen molar-refractivity contribution in [1.29, 1.82) is 0 Å². The molecule has 2 aliphatic rings. The molecule has 2 heterocycles. The largest absolute Gasteiger partial charge is 0.497 e. The highest BCUT2D eigenvalue weighted by molar-refractivity contribution is 6.02. The molecular weight excluding hydrogens is 538 g/mol. The lowest BCUT2D eigenvalue weighted by molar-refractivity contribution is -0.134. The van der Waals surface area contributed by atoms with Gasteiger partial charge in [0.05, 0.1) is 47.5 Å². The number of nitrogens with zero attached hydrogens (tertiary/aromatic N) is 3. The second-order valence-electron chi connectivity index (χ2n) is 10.3. The molecule has 3 aromatic rings. The van der Waals surface area contributed by atoms with Crippen LogP contribution in [0.15, 0.2) is 54.6 Å². The molecule has 0 saturated carbocycles. The maximum Gasteiger partial charge on any atom is 0.254 e. The van der Waals surface area contributed by atoms with Crippen molar-refractivity contribution >= 4 is 17.5 Å². The molecule has 0 bridgehead atoms. The summed E-state index contributed by atoms with van der Waals surface area (Å²) in [5.41, 5.74) is 2.87. The summed E-state index contributed by atoms with van der Waals surface area (Å²) < 4.78 is 27.4. The first-order valence-corrected chi connectivity index (χ1v) is 13.8. The van der Waals surface area contributed by atoms with Gasteiger partial charge in [-0.15, -0.1) is 0 Å². The third-order valence-electron chi connectivity index (χ3n) is 8.22. The average Bonchev–Trinajstić information content (AvgIpc) is 3.05. The van der Waals surface area contributed by atoms with Crippen molar-refractivity contribution in [3.63, 3.8) is 0 Å². The third kappa shape index (κ3) is 5.13. The Hall–Kier alpha value is -4.60. The van der Waals surface area contributed by atoms with Crippen LogP contribution in [0.25, 0.3) is 0 Å². The van der Waals surface area contributed by atoms with Gasteiger partial charge in [-0.1, -0.05) is 6.07 Å².